The number of aliphatic hydroxyl groups is 1. The number of rotatable bonds is 7. The van der Waals surface area contributed by atoms with Crippen molar-refractivity contribution < 1.29 is 19.4 Å². The summed E-state index contributed by atoms with van der Waals surface area (Å²) in [6.07, 6.45) is 6.78. The molecule has 6 N–H and O–H groups in total. The first kappa shape index (κ1) is 25.3. The fraction of sp³-hybridized carbons (Fsp3) is 0.696. The Morgan fingerprint density at radius 2 is 2.03 bits per heavy atom. The molecule has 12 heteroatoms. The van der Waals surface area contributed by atoms with Gasteiger partial charge in [-0.2, -0.15) is 0 Å². The highest BCUT2D eigenvalue weighted by Gasteiger charge is 2.50. The van der Waals surface area contributed by atoms with Crippen LogP contribution in [0.5, 0.6) is 0 Å². The second kappa shape index (κ2) is 10.0. The van der Waals surface area contributed by atoms with Gasteiger partial charge in [-0.3, -0.25) is 9.59 Å². The van der Waals surface area contributed by atoms with Crippen LogP contribution in [0, 0.1) is 0 Å². The van der Waals surface area contributed by atoms with E-state index in [0.29, 0.717) is 62.3 Å². The lowest BCUT2D eigenvalue weighted by molar-refractivity contribution is -0.197. The van der Waals surface area contributed by atoms with Gasteiger partial charge < -0.3 is 36.1 Å². The number of nitrogen functional groups attached to an aromatic ring is 1. The second-order valence-corrected chi connectivity index (χ2v) is 9.99. The van der Waals surface area contributed by atoms with Crippen LogP contribution in [0.3, 0.4) is 0 Å². The Kier molecular flexibility index (Phi) is 7.25. The standard InChI is InChI=1S/C23H36N8O4/c1-15(32)29-16(5-3-4-8-24)21(33)30-9-6-23(7-10-30)12-22(2,34)17(11-35-23)31-14-28-18-19(25)26-13-27-20(18)31/h13-14,16-17,34H,3-12,24H2,1-2H3,(H,29,32)(H2,25,26,27)/t16-,17-,22-/m0/s1. The molecule has 4 rings (SSSR count). The van der Waals surface area contributed by atoms with Gasteiger partial charge in [0.2, 0.25) is 11.8 Å². The summed E-state index contributed by atoms with van der Waals surface area (Å²) in [4.78, 5) is 39.2. The number of imidazole rings is 1. The number of anilines is 1. The molecule has 0 aliphatic carbocycles. The number of nitrogens with zero attached hydrogens (tertiary/aromatic N) is 5. The van der Waals surface area contributed by atoms with Crippen LogP contribution in [0.25, 0.3) is 11.2 Å². The number of hydrogen-bond acceptors (Lipinski definition) is 9. The number of unbranched alkanes of at least 4 members (excludes halogenated alkanes) is 1. The topological polar surface area (TPSA) is 175 Å². The number of nitrogens with two attached hydrogens (primary N) is 2. The van der Waals surface area contributed by atoms with Crippen LogP contribution in [-0.4, -0.2) is 84.8 Å². The minimum absolute atomic E-state index is 0.0744. The molecule has 2 saturated heterocycles. The Hall–Kier alpha value is -2.83. The third kappa shape index (κ3) is 5.24. The van der Waals surface area contributed by atoms with Gasteiger partial charge in [0.15, 0.2) is 11.5 Å². The van der Waals surface area contributed by atoms with Gasteiger partial charge in [-0.1, -0.05) is 0 Å². The van der Waals surface area contributed by atoms with Crippen molar-refractivity contribution in [3.05, 3.63) is 12.7 Å². The van der Waals surface area contributed by atoms with Crippen LogP contribution in [0.15, 0.2) is 12.7 Å². The number of hydrogen-bond donors (Lipinski definition) is 4. The molecule has 0 radical (unpaired) electrons. The normalized spacial score (nSPS) is 25.0. The molecular formula is C23H36N8O4. The average Bonchev–Trinajstić information content (AvgIpc) is 3.23. The van der Waals surface area contributed by atoms with Gasteiger partial charge >= 0.3 is 0 Å². The molecule has 2 fully saturated rings. The van der Waals surface area contributed by atoms with Crippen molar-refractivity contribution in [2.75, 3.05) is 32.0 Å². The number of aromatic nitrogens is 4. The van der Waals surface area contributed by atoms with Crippen molar-refractivity contribution >= 4 is 28.8 Å². The van der Waals surface area contributed by atoms with Crippen LogP contribution >= 0.6 is 0 Å². The molecule has 35 heavy (non-hydrogen) atoms. The first-order chi connectivity index (χ1) is 16.7. The highest BCUT2D eigenvalue weighted by molar-refractivity contribution is 5.87. The molecule has 4 heterocycles. The van der Waals surface area contributed by atoms with E-state index in [4.69, 9.17) is 16.2 Å². The Labute approximate surface area is 204 Å². The summed E-state index contributed by atoms with van der Waals surface area (Å²) in [6.45, 7) is 5.08. The molecule has 1 spiro atoms. The highest BCUT2D eigenvalue weighted by atomic mass is 16.5. The average molecular weight is 489 g/mol. The fourth-order valence-electron chi connectivity index (χ4n) is 5.41. The number of carbonyl (C=O) groups is 2. The zero-order chi connectivity index (χ0) is 25.2. The molecule has 2 aliphatic rings. The van der Waals surface area contributed by atoms with Gasteiger partial charge in [0.05, 0.1) is 30.2 Å². The quantitative estimate of drug-likeness (QED) is 0.394. The number of carbonyl (C=O) groups excluding carboxylic acids is 2. The van der Waals surface area contributed by atoms with Crippen LogP contribution in [0.4, 0.5) is 5.82 Å². The van der Waals surface area contributed by atoms with Crippen LogP contribution in [-0.2, 0) is 14.3 Å². The summed E-state index contributed by atoms with van der Waals surface area (Å²) in [7, 11) is 0. The van der Waals surface area contributed by atoms with Gasteiger partial charge in [-0.05, 0) is 45.6 Å². The lowest BCUT2D eigenvalue weighted by atomic mass is 9.75. The van der Waals surface area contributed by atoms with E-state index in [1.807, 2.05) is 0 Å². The molecule has 12 nitrogen and oxygen atoms in total. The Balaban J connectivity index is 1.41. The number of likely N-dealkylation sites (tertiary alicyclic amines) is 1. The highest BCUT2D eigenvalue weighted by Crippen LogP contribution is 2.44. The van der Waals surface area contributed by atoms with Gasteiger partial charge in [0.1, 0.15) is 17.9 Å². The van der Waals surface area contributed by atoms with Gasteiger partial charge in [0.25, 0.3) is 0 Å². The Morgan fingerprint density at radius 3 is 2.69 bits per heavy atom. The predicted molar refractivity (Wildman–Crippen MR) is 129 cm³/mol. The van der Waals surface area contributed by atoms with Gasteiger partial charge in [-0.25, -0.2) is 15.0 Å². The molecule has 0 unspecified atom stereocenters. The summed E-state index contributed by atoms with van der Waals surface area (Å²) in [6, 6.07) is -0.935. The molecule has 0 saturated carbocycles. The maximum atomic E-state index is 13.1. The van der Waals surface area contributed by atoms with Crippen LogP contribution in [0.1, 0.15) is 58.4 Å². The number of piperidine rings is 1. The SMILES string of the molecule is CC(=O)N[C@@H](CCCCN)C(=O)N1CCC2(CC1)C[C@](C)(O)[C@@H](n1cnc3c(N)ncnc31)CO2. The first-order valence-electron chi connectivity index (χ1n) is 12.2. The van der Waals surface area contributed by atoms with E-state index in [9.17, 15) is 14.7 Å². The van der Waals surface area contributed by atoms with Crippen molar-refractivity contribution in [1.29, 1.82) is 0 Å². The van der Waals surface area contributed by atoms with Crippen molar-refractivity contribution in [2.24, 2.45) is 5.73 Å². The molecule has 0 aromatic carbocycles. The molecule has 2 aromatic rings. The summed E-state index contributed by atoms with van der Waals surface area (Å²) in [5.41, 5.74) is 10.9. The number of ether oxygens (including phenoxy) is 1. The maximum absolute atomic E-state index is 13.1. The molecule has 2 aromatic heterocycles. The summed E-state index contributed by atoms with van der Waals surface area (Å²) in [5, 5.41) is 14.3. The minimum Gasteiger partial charge on any atom is -0.388 e. The van der Waals surface area contributed by atoms with Crippen LogP contribution < -0.4 is 16.8 Å². The Bertz CT molecular complexity index is 1060. The van der Waals surface area contributed by atoms with Crippen molar-refractivity contribution in [3.63, 3.8) is 0 Å². The molecule has 0 bridgehead atoms. The second-order valence-electron chi connectivity index (χ2n) is 9.99. The third-order valence-corrected chi connectivity index (χ3v) is 7.28. The molecule has 192 valence electrons. The van der Waals surface area contributed by atoms with Gasteiger partial charge in [0, 0.05) is 26.4 Å². The van der Waals surface area contributed by atoms with E-state index >= 15 is 0 Å². The van der Waals surface area contributed by atoms with Crippen LogP contribution in [0.2, 0.25) is 0 Å². The van der Waals surface area contributed by atoms with E-state index in [1.165, 1.54) is 13.3 Å². The van der Waals surface area contributed by atoms with E-state index in [0.717, 1.165) is 12.8 Å². The van der Waals surface area contributed by atoms with E-state index < -0.39 is 23.3 Å². The molecular weight excluding hydrogens is 452 g/mol. The monoisotopic (exact) mass is 488 g/mol. The first-order valence-corrected chi connectivity index (χ1v) is 12.2. The van der Waals surface area contributed by atoms with Crippen molar-refractivity contribution in [1.82, 2.24) is 29.7 Å². The lowest BCUT2D eigenvalue weighted by Crippen LogP contribution is -2.59. The summed E-state index contributed by atoms with van der Waals surface area (Å²) < 4.78 is 8.19. The summed E-state index contributed by atoms with van der Waals surface area (Å²) >= 11 is 0. The van der Waals surface area contributed by atoms with E-state index in [2.05, 4.69) is 20.3 Å². The molecule has 3 atom stereocenters. The van der Waals surface area contributed by atoms with E-state index in [1.54, 1.807) is 22.7 Å². The zero-order valence-electron chi connectivity index (χ0n) is 20.4. The number of amides is 2. The summed E-state index contributed by atoms with van der Waals surface area (Å²) in [5.74, 6) is -0.00441. The third-order valence-electron chi connectivity index (χ3n) is 7.28. The zero-order valence-corrected chi connectivity index (χ0v) is 20.4. The molecule has 2 aliphatic heterocycles. The minimum atomic E-state index is -1.08. The maximum Gasteiger partial charge on any atom is 0.245 e. The molecule has 2 amide bonds. The Morgan fingerprint density at radius 1 is 1.29 bits per heavy atom. The number of nitrogens with one attached hydrogen (secondary N) is 1. The fourth-order valence-corrected chi connectivity index (χ4v) is 5.41. The van der Waals surface area contributed by atoms with Crippen molar-refractivity contribution in [2.45, 2.75) is 75.7 Å². The lowest BCUT2D eigenvalue weighted by Gasteiger charge is -2.51. The van der Waals surface area contributed by atoms with E-state index in [-0.39, 0.29) is 18.4 Å². The smallest absolute Gasteiger partial charge is 0.245 e. The predicted octanol–water partition coefficient (Wildman–Crippen LogP) is 0.116. The largest absolute Gasteiger partial charge is 0.388 e. The van der Waals surface area contributed by atoms with Crippen molar-refractivity contribution in [3.8, 4) is 0 Å². The number of fused-ring (bicyclic) bond motifs is 1. The van der Waals surface area contributed by atoms with Gasteiger partial charge in [-0.15, -0.1) is 0 Å².